The van der Waals surface area contributed by atoms with Gasteiger partial charge in [0.05, 0.1) is 0 Å². The van der Waals surface area contributed by atoms with Crippen LogP contribution in [0.4, 0.5) is 5.69 Å². The van der Waals surface area contributed by atoms with Crippen molar-refractivity contribution < 1.29 is 0 Å². The topological polar surface area (TPSA) is 56.7 Å². The number of hydrogen-bond acceptors (Lipinski definition) is 3. The summed E-state index contributed by atoms with van der Waals surface area (Å²) >= 11 is 0. The Kier molecular flexibility index (Phi) is 2.12. The van der Waals surface area contributed by atoms with E-state index < -0.39 is 0 Å². The first-order valence-corrected chi connectivity index (χ1v) is 6.52. The van der Waals surface area contributed by atoms with Crippen LogP contribution in [0.2, 0.25) is 0 Å². The number of pyridine rings is 1. The number of rotatable bonds is 2. The van der Waals surface area contributed by atoms with Crippen LogP contribution in [0.3, 0.4) is 0 Å². The molecule has 0 spiro atoms. The largest absolute Gasteiger partial charge is 0.399 e. The van der Waals surface area contributed by atoms with Crippen LogP contribution >= 0.6 is 0 Å². The highest BCUT2D eigenvalue weighted by atomic mass is 15.2. The summed E-state index contributed by atoms with van der Waals surface area (Å²) in [5, 5.41) is 0. The number of imidazole rings is 1. The van der Waals surface area contributed by atoms with Crippen LogP contribution in [0.15, 0.2) is 42.6 Å². The second-order valence-electron chi connectivity index (χ2n) is 5.00. The van der Waals surface area contributed by atoms with Crippen LogP contribution in [0, 0.1) is 0 Å². The van der Waals surface area contributed by atoms with Gasteiger partial charge in [0.2, 0.25) is 0 Å². The van der Waals surface area contributed by atoms with E-state index in [-0.39, 0.29) is 0 Å². The molecule has 2 heterocycles. The molecule has 1 fully saturated rings. The summed E-state index contributed by atoms with van der Waals surface area (Å²) < 4.78 is 2.26. The van der Waals surface area contributed by atoms with Crippen molar-refractivity contribution in [2.24, 2.45) is 0 Å². The summed E-state index contributed by atoms with van der Waals surface area (Å²) in [6, 6.07) is 12.4. The molecule has 0 bridgehead atoms. The van der Waals surface area contributed by atoms with E-state index in [1.807, 2.05) is 42.6 Å². The maximum atomic E-state index is 5.75. The van der Waals surface area contributed by atoms with Gasteiger partial charge in [-0.05, 0) is 49.2 Å². The lowest BCUT2D eigenvalue weighted by molar-refractivity contribution is 0.766. The average Bonchev–Trinajstić information content (AvgIpc) is 3.20. The molecule has 0 saturated heterocycles. The Bertz CT molecular complexity index is 738. The zero-order valence-electron chi connectivity index (χ0n) is 10.5. The SMILES string of the molecule is Nc1ccc(-c2nc3cccnc3n2C2CC2)cc1. The van der Waals surface area contributed by atoms with Crippen molar-refractivity contribution in [2.45, 2.75) is 18.9 Å². The van der Waals surface area contributed by atoms with Crippen molar-refractivity contribution >= 4 is 16.9 Å². The molecule has 19 heavy (non-hydrogen) atoms. The molecule has 3 aromatic rings. The van der Waals surface area contributed by atoms with E-state index in [1.165, 1.54) is 12.8 Å². The first kappa shape index (κ1) is 10.6. The van der Waals surface area contributed by atoms with Gasteiger partial charge < -0.3 is 10.3 Å². The van der Waals surface area contributed by atoms with Crippen molar-refractivity contribution in [3.8, 4) is 11.4 Å². The van der Waals surface area contributed by atoms with Gasteiger partial charge in [0.25, 0.3) is 0 Å². The van der Waals surface area contributed by atoms with Crippen molar-refractivity contribution in [1.82, 2.24) is 14.5 Å². The summed E-state index contributed by atoms with van der Waals surface area (Å²) in [5.74, 6) is 0.996. The summed E-state index contributed by atoms with van der Waals surface area (Å²) in [4.78, 5) is 9.22. The fourth-order valence-electron chi connectivity index (χ4n) is 2.44. The third-order valence-corrected chi connectivity index (χ3v) is 3.53. The first-order valence-electron chi connectivity index (χ1n) is 6.52. The maximum Gasteiger partial charge on any atom is 0.160 e. The number of nitrogen functional groups attached to an aromatic ring is 1. The minimum Gasteiger partial charge on any atom is -0.399 e. The van der Waals surface area contributed by atoms with E-state index in [9.17, 15) is 0 Å². The van der Waals surface area contributed by atoms with Crippen molar-refractivity contribution in [1.29, 1.82) is 0 Å². The molecule has 0 unspecified atom stereocenters. The minimum atomic E-state index is 0.549. The molecular formula is C15H14N4. The highest BCUT2D eigenvalue weighted by Crippen LogP contribution is 2.40. The van der Waals surface area contributed by atoms with Gasteiger partial charge in [-0.25, -0.2) is 9.97 Å². The number of fused-ring (bicyclic) bond motifs is 1. The van der Waals surface area contributed by atoms with Crippen molar-refractivity contribution in [3.63, 3.8) is 0 Å². The number of aromatic nitrogens is 3. The van der Waals surface area contributed by atoms with Crippen LogP contribution in [0.25, 0.3) is 22.6 Å². The fraction of sp³-hybridized carbons (Fsp3) is 0.200. The molecule has 2 N–H and O–H groups in total. The van der Waals surface area contributed by atoms with Crippen LogP contribution in [0.1, 0.15) is 18.9 Å². The van der Waals surface area contributed by atoms with Gasteiger partial charge in [-0.15, -0.1) is 0 Å². The van der Waals surface area contributed by atoms with Crippen LogP contribution in [-0.2, 0) is 0 Å². The molecule has 4 rings (SSSR count). The molecule has 1 saturated carbocycles. The van der Waals surface area contributed by atoms with E-state index in [1.54, 1.807) is 0 Å². The Morgan fingerprint density at radius 1 is 1.11 bits per heavy atom. The standard InChI is InChI=1S/C15H14N4/c16-11-5-3-10(4-6-11)14-18-13-2-1-9-17-15(13)19(14)12-7-8-12/h1-6,9,12H,7-8,16H2. The molecule has 1 aliphatic rings. The maximum absolute atomic E-state index is 5.75. The lowest BCUT2D eigenvalue weighted by Gasteiger charge is -2.07. The monoisotopic (exact) mass is 250 g/mol. The molecule has 1 aliphatic carbocycles. The normalized spacial score (nSPS) is 14.9. The summed E-state index contributed by atoms with van der Waals surface area (Å²) in [6.45, 7) is 0. The van der Waals surface area contributed by atoms with Gasteiger partial charge >= 0.3 is 0 Å². The van der Waals surface area contributed by atoms with Crippen LogP contribution in [0.5, 0.6) is 0 Å². The number of benzene rings is 1. The van der Waals surface area contributed by atoms with E-state index in [0.717, 1.165) is 28.2 Å². The third-order valence-electron chi connectivity index (χ3n) is 3.53. The minimum absolute atomic E-state index is 0.549. The molecule has 0 amide bonds. The lowest BCUT2D eigenvalue weighted by Crippen LogP contribution is -1.98. The molecule has 4 heteroatoms. The zero-order valence-corrected chi connectivity index (χ0v) is 10.5. The number of hydrogen-bond donors (Lipinski definition) is 1. The molecule has 94 valence electrons. The second-order valence-corrected chi connectivity index (χ2v) is 5.00. The van der Waals surface area contributed by atoms with Gasteiger partial charge in [0.15, 0.2) is 5.65 Å². The first-order chi connectivity index (χ1) is 9.33. The quantitative estimate of drug-likeness (QED) is 0.711. The van der Waals surface area contributed by atoms with Gasteiger partial charge in [-0.2, -0.15) is 0 Å². The van der Waals surface area contributed by atoms with E-state index >= 15 is 0 Å². The number of nitrogens with zero attached hydrogens (tertiary/aromatic N) is 3. The Morgan fingerprint density at radius 2 is 1.89 bits per heavy atom. The second kappa shape index (κ2) is 3.82. The number of nitrogens with two attached hydrogens (primary N) is 1. The van der Waals surface area contributed by atoms with Gasteiger partial charge in [-0.1, -0.05) is 0 Å². The van der Waals surface area contributed by atoms with Crippen LogP contribution < -0.4 is 5.73 Å². The summed E-state index contributed by atoms with van der Waals surface area (Å²) in [5.41, 5.74) is 9.56. The zero-order chi connectivity index (χ0) is 12.8. The highest BCUT2D eigenvalue weighted by Gasteiger charge is 2.29. The molecule has 0 radical (unpaired) electrons. The average molecular weight is 250 g/mol. The predicted octanol–water partition coefficient (Wildman–Crippen LogP) is 3.02. The molecule has 0 aliphatic heterocycles. The van der Waals surface area contributed by atoms with E-state index in [4.69, 9.17) is 10.7 Å². The van der Waals surface area contributed by atoms with Gasteiger partial charge in [0.1, 0.15) is 11.3 Å². The smallest absolute Gasteiger partial charge is 0.160 e. The highest BCUT2D eigenvalue weighted by molar-refractivity contribution is 5.77. The summed E-state index contributed by atoms with van der Waals surface area (Å²) in [7, 11) is 0. The third kappa shape index (κ3) is 1.68. The van der Waals surface area contributed by atoms with Gasteiger partial charge in [0, 0.05) is 23.5 Å². The molecule has 0 atom stereocenters. The Hall–Kier alpha value is -2.36. The van der Waals surface area contributed by atoms with Gasteiger partial charge in [-0.3, -0.25) is 0 Å². The van der Waals surface area contributed by atoms with Crippen molar-refractivity contribution in [3.05, 3.63) is 42.6 Å². The predicted molar refractivity (Wildman–Crippen MR) is 75.6 cm³/mol. The van der Waals surface area contributed by atoms with E-state index in [0.29, 0.717) is 6.04 Å². The van der Waals surface area contributed by atoms with Crippen molar-refractivity contribution in [2.75, 3.05) is 5.73 Å². The Morgan fingerprint density at radius 3 is 2.63 bits per heavy atom. The lowest BCUT2D eigenvalue weighted by atomic mass is 10.2. The fourth-order valence-corrected chi connectivity index (χ4v) is 2.44. The van der Waals surface area contributed by atoms with Crippen LogP contribution in [-0.4, -0.2) is 14.5 Å². The summed E-state index contributed by atoms with van der Waals surface area (Å²) in [6.07, 6.45) is 4.25. The Labute approximate surface area is 110 Å². The number of anilines is 1. The molecule has 2 aromatic heterocycles. The molecular weight excluding hydrogens is 236 g/mol. The Balaban J connectivity index is 1.98. The molecule has 1 aromatic carbocycles. The van der Waals surface area contributed by atoms with E-state index in [2.05, 4.69) is 9.55 Å². The molecule has 4 nitrogen and oxygen atoms in total.